The van der Waals surface area contributed by atoms with Crippen LogP contribution in [0.4, 0.5) is 0 Å². The fourth-order valence-corrected chi connectivity index (χ4v) is 5.46. The Bertz CT molecular complexity index is 1220. The number of thiazole rings is 1. The van der Waals surface area contributed by atoms with Crippen LogP contribution in [0.3, 0.4) is 0 Å². The number of hydrogen-bond donors (Lipinski definition) is 0. The SMILES string of the molecule is O=C(CN1C(=O)[C@@H]2CCCC[C@H]2C1=O)OCc1cc(=O)n2c(n1)sc1ccccc12. The molecule has 5 rings (SSSR count). The van der Waals surface area contributed by atoms with Crippen molar-refractivity contribution < 1.29 is 19.1 Å². The van der Waals surface area contributed by atoms with Crippen molar-refractivity contribution in [2.75, 3.05) is 6.54 Å². The Kier molecular flexibility index (Phi) is 4.62. The van der Waals surface area contributed by atoms with Gasteiger partial charge in [-0.15, -0.1) is 0 Å². The van der Waals surface area contributed by atoms with Gasteiger partial charge >= 0.3 is 5.97 Å². The number of aromatic nitrogens is 2. The standard InChI is InChI=1S/C21H19N3O5S/c25-17-9-12(22-21-24(17)15-7-3-4-8-16(15)30-21)11-29-18(26)10-23-19(27)13-5-1-2-6-14(13)20(23)28/h3-4,7-9,13-14H,1-2,5-6,10-11H2/t13-,14-/m1/s1. The second-order valence-corrected chi connectivity index (χ2v) is 8.70. The average molecular weight is 425 g/mol. The van der Waals surface area contributed by atoms with Crippen LogP contribution in [0.2, 0.25) is 0 Å². The van der Waals surface area contributed by atoms with Crippen molar-refractivity contribution in [3.63, 3.8) is 0 Å². The first kappa shape index (κ1) is 18.9. The normalized spacial score (nSPS) is 21.4. The monoisotopic (exact) mass is 425 g/mol. The number of fused-ring (bicyclic) bond motifs is 4. The molecule has 1 aromatic carbocycles. The first-order chi connectivity index (χ1) is 14.5. The zero-order valence-electron chi connectivity index (χ0n) is 16.1. The molecule has 1 aliphatic carbocycles. The highest BCUT2D eigenvalue weighted by Gasteiger charge is 2.48. The number of benzene rings is 1. The lowest BCUT2D eigenvalue weighted by molar-refractivity contribution is -0.153. The summed E-state index contributed by atoms with van der Waals surface area (Å²) in [6, 6.07) is 8.84. The lowest BCUT2D eigenvalue weighted by Crippen LogP contribution is -2.36. The van der Waals surface area contributed by atoms with Gasteiger partial charge in [-0.05, 0) is 25.0 Å². The Hall–Kier alpha value is -3.07. The maximum atomic E-state index is 12.5. The van der Waals surface area contributed by atoms with Crippen LogP contribution in [0.5, 0.6) is 0 Å². The molecule has 0 N–H and O–H groups in total. The number of likely N-dealkylation sites (tertiary alicyclic amines) is 1. The summed E-state index contributed by atoms with van der Waals surface area (Å²) in [6.45, 7) is -0.587. The first-order valence-electron chi connectivity index (χ1n) is 9.94. The molecule has 2 aliphatic rings. The van der Waals surface area contributed by atoms with Crippen molar-refractivity contribution >= 4 is 44.3 Å². The molecule has 0 unspecified atom stereocenters. The maximum Gasteiger partial charge on any atom is 0.326 e. The molecule has 8 nitrogen and oxygen atoms in total. The van der Waals surface area contributed by atoms with E-state index in [1.165, 1.54) is 21.8 Å². The number of amides is 2. The third-order valence-corrected chi connectivity index (χ3v) is 6.87. The van der Waals surface area contributed by atoms with Crippen molar-refractivity contribution in [2.45, 2.75) is 32.3 Å². The molecule has 1 saturated carbocycles. The predicted octanol–water partition coefficient (Wildman–Crippen LogP) is 2.13. The Labute approximate surface area is 175 Å². The fraction of sp³-hybridized carbons (Fsp3) is 0.381. The predicted molar refractivity (Wildman–Crippen MR) is 109 cm³/mol. The van der Waals surface area contributed by atoms with E-state index < -0.39 is 12.5 Å². The van der Waals surface area contributed by atoms with E-state index in [2.05, 4.69) is 4.98 Å². The largest absolute Gasteiger partial charge is 0.458 e. The van der Waals surface area contributed by atoms with E-state index >= 15 is 0 Å². The molecule has 0 spiro atoms. The number of para-hydroxylation sites is 1. The highest BCUT2D eigenvalue weighted by atomic mass is 32.1. The number of imide groups is 1. The van der Waals surface area contributed by atoms with Gasteiger partial charge < -0.3 is 4.74 Å². The van der Waals surface area contributed by atoms with Crippen molar-refractivity contribution in [1.29, 1.82) is 0 Å². The van der Waals surface area contributed by atoms with Crippen LogP contribution in [0.1, 0.15) is 31.4 Å². The summed E-state index contributed by atoms with van der Waals surface area (Å²) in [5.41, 5.74) is 0.858. The molecule has 30 heavy (non-hydrogen) atoms. The fourth-order valence-electron chi connectivity index (χ4n) is 4.41. The van der Waals surface area contributed by atoms with Crippen LogP contribution < -0.4 is 5.56 Å². The van der Waals surface area contributed by atoms with Crippen LogP contribution in [0.25, 0.3) is 15.2 Å². The summed E-state index contributed by atoms with van der Waals surface area (Å²) in [7, 11) is 0. The maximum absolute atomic E-state index is 12.5. The van der Waals surface area contributed by atoms with Crippen LogP contribution >= 0.6 is 11.3 Å². The summed E-state index contributed by atoms with van der Waals surface area (Å²) in [5, 5.41) is 0. The van der Waals surface area contributed by atoms with Crippen molar-refractivity contribution in [1.82, 2.24) is 14.3 Å². The molecule has 2 amide bonds. The number of ether oxygens (including phenoxy) is 1. The summed E-state index contributed by atoms with van der Waals surface area (Å²) >= 11 is 1.38. The summed E-state index contributed by atoms with van der Waals surface area (Å²) in [4.78, 5) is 55.7. The highest BCUT2D eigenvalue weighted by Crippen LogP contribution is 2.37. The van der Waals surface area contributed by atoms with Crippen LogP contribution in [-0.2, 0) is 25.7 Å². The topological polar surface area (TPSA) is 98.0 Å². The van der Waals surface area contributed by atoms with Crippen LogP contribution in [-0.4, -0.2) is 38.6 Å². The molecule has 2 fully saturated rings. The minimum atomic E-state index is -0.686. The summed E-state index contributed by atoms with van der Waals surface area (Å²) in [6.07, 6.45) is 3.26. The molecule has 3 aromatic rings. The number of esters is 1. The van der Waals surface area contributed by atoms with Gasteiger partial charge in [0.15, 0.2) is 4.96 Å². The van der Waals surface area contributed by atoms with Gasteiger partial charge in [-0.1, -0.05) is 36.3 Å². The zero-order chi connectivity index (χ0) is 20.8. The average Bonchev–Trinajstić information content (AvgIpc) is 3.24. The zero-order valence-corrected chi connectivity index (χ0v) is 16.9. The van der Waals surface area contributed by atoms with E-state index in [9.17, 15) is 19.2 Å². The van der Waals surface area contributed by atoms with E-state index in [1.54, 1.807) is 0 Å². The molecular weight excluding hydrogens is 406 g/mol. The third-order valence-electron chi connectivity index (χ3n) is 5.85. The lowest BCUT2D eigenvalue weighted by atomic mass is 9.81. The molecule has 3 heterocycles. The second kappa shape index (κ2) is 7.32. The second-order valence-electron chi connectivity index (χ2n) is 7.69. The molecule has 1 saturated heterocycles. The molecule has 0 bridgehead atoms. The van der Waals surface area contributed by atoms with Gasteiger partial charge in [-0.25, -0.2) is 4.98 Å². The number of carbonyl (C=O) groups excluding carboxylic acids is 3. The highest BCUT2D eigenvalue weighted by molar-refractivity contribution is 7.23. The van der Waals surface area contributed by atoms with Crippen LogP contribution in [0.15, 0.2) is 35.1 Å². The van der Waals surface area contributed by atoms with Gasteiger partial charge in [0.1, 0.15) is 13.2 Å². The number of carbonyl (C=O) groups is 3. The number of hydrogen-bond acceptors (Lipinski definition) is 7. The molecule has 154 valence electrons. The van der Waals surface area contributed by atoms with Gasteiger partial charge in [-0.3, -0.25) is 28.5 Å². The van der Waals surface area contributed by atoms with E-state index in [0.717, 1.165) is 28.0 Å². The number of rotatable bonds is 4. The molecule has 9 heteroatoms. The Morgan fingerprint density at radius 1 is 1.10 bits per heavy atom. The van der Waals surface area contributed by atoms with Crippen LogP contribution in [0, 0.1) is 11.8 Å². The first-order valence-corrected chi connectivity index (χ1v) is 10.8. The quantitative estimate of drug-likeness (QED) is 0.469. The minimum Gasteiger partial charge on any atom is -0.458 e. The van der Waals surface area contributed by atoms with Gasteiger partial charge in [0.2, 0.25) is 11.8 Å². The van der Waals surface area contributed by atoms with Crippen molar-refractivity contribution in [3.05, 3.63) is 46.4 Å². The van der Waals surface area contributed by atoms with E-state index in [0.29, 0.717) is 23.5 Å². The Balaban J connectivity index is 1.29. The van der Waals surface area contributed by atoms with Gasteiger partial charge in [0.25, 0.3) is 5.56 Å². The smallest absolute Gasteiger partial charge is 0.326 e. The summed E-state index contributed by atoms with van der Waals surface area (Å²) in [5.74, 6) is -1.82. The van der Waals surface area contributed by atoms with E-state index in [1.807, 2.05) is 24.3 Å². The lowest BCUT2D eigenvalue weighted by Gasteiger charge is -2.19. The Morgan fingerprint density at radius 3 is 2.53 bits per heavy atom. The van der Waals surface area contributed by atoms with Crippen molar-refractivity contribution in [3.8, 4) is 0 Å². The van der Waals surface area contributed by atoms with E-state index in [-0.39, 0.29) is 35.8 Å². The molecule has 0 radical (unpaired) electrons. The number of nitrogens with zero attached hydrogens (tertiary/aromatic N) is 3. The molecule has 2 aromatic heterocycles. The van der Waals surface area contributed by atoms with Crippen molar-refractivity contribution in [2.24, 2.45) is 11.8 Å². The van der Waals surface area contributed by atoms with Gasteiger partial charge in [0, 0.05) is 6.07 Å². The minimum absolute atomic E-state index is 0.193. The third kappa shape index (κ3) is 3.09. The molecular formula is C21H19N3O5S. The van der Waals surface area contributed by atoms with E-state index in [4.69, 9.17) is 4.74 Å². The molecule has 2 atom stereocenters. The van der Waals surface area contributed by atoms with Gasteiger partial charge in [0.05, 0.1) is 27.7 Å². The summed E-state index contributed by atoms with van der Waals surface area (Å²) < 4.78 is 7.68. The molecule has 1 aliphatic heterocycles. The van der Waals surface area contributed by atoms with Gasteiger partial charge in [-0.2, -0.15) is 0 Å². The Morgan fingerprint density at radius 2 is 1.80 bits per heavy atom.